The minimum atomic E-state index is -3.08. The third-order valence-electron chi connectivity index (χ3n) is 23.0. The summed E-state index contributed by atoms with van der Waals surface area (Å²) in [5, 5.41) is 7.38. The largest absolute Gasteiger partial charge is 0.486 e. The summed E-state index contributed by atoms with van der Waals surface area (Å²) in [6.45, 7) is -0.459. The number of fused-ring (bicyclic) bond motifs is 12. The van der Waals surface area contributed by atoms with E-state index in [1.807, 2.05) is 237 Å². The third kappa shape index (κ3) is 27.7. The Morgan fingerprint density at radius 1 is 0.255 bits per heavy atom. The van der Waals surface area contributed by atoms with Gasteiger partial charge in [-0.05, 0) is 211 Å². The van der Waals surface area contributed by atoms with Crippen LogP contribution in [-0.4, -0.2) is 59.8 Å². The van der Waals surface area contributed by atoms with Crippen molar-refractivity contribution < 1.29 is 132 Å². The van der Waals surface area contributed by atoms with E-state index in [1.165, 1.54) is 50.0 Å². The molecule has 0 saturated heterocycles. The molecule has 20 heteroatoms. The molecule has 0 amide bonds. The Morgan fingerprint density at radius 3 is 0.899 bits per heavy atom. The molecular formula is C129H110Ir4N12O4-8. The van der Waals surface area contributed by atoms with E-state index in [1.54, 1.807) is 122 Å². The zero-order chi connectivity index (χ0) is 122. The molecule has 0 spiro atoms. The van der Waals surface area contributed by atoms with Gasteiger partial charge in [-0.1, -0.05) is 208 Å². The predicted octanol–water partition coefficient (Wildman–Crippen LogP) is 33.0. The molecule has 0 aliphatic heterocycles. The van der Waals surface area contributed by atoms with Crippen LogP contribution in [0.4, 0.5) is 0 Å². The van der Waals surface area contributed by atoms with Crippen molar-refractivity contribution in [2.24, 2.45) is 0 Å². The van der Waals surface area contributed by atoms with E-state index in [0.717, 1.165) is 144 Å². The number of aromatic nitrogens is 12. The zero-order valence-electron chi connectivity index (χ0n) is 107. The van der Waals surface area contributed by atoms with Crippen molar-refractivity contribution >= 4 is 88.3 Å². The fourth-order valence-corrected chi connectivity index (χ4v) is 15.5. The van der Waals surface area contributed by atoms with Crippen LogP contribution in [0, 0.1) is 89.8 Å². The van der Waals surface area contributed by atoms with E-state index >= 15 is 0 Å². The molecule has 4 radical (unpaired) electrons. The Morgan fingerprint density at radius 2 is 0.591 bits per heavy atom. The summed E-state index contributed by atoms with van der Waals surface area (Å²) >= 11 is 0. The smallest absolute Gasteiger partial charge is 0.216 e. The van der Waals surface area contributed by atoms with Gasteiger partial charge in [0.15, 0.2) is 0 Å². The fraction of sp³-hybridized carbons (Fsp3) is 0.163. The molecule has 149 heavy (non-hydrogen) atoms. The molecule has 24 aromatic rings. The Hall–Kier alpha value is -14.6. The first-order valence-electron chi connectivity index (χ1n) is 58.7. The molecule has 16 nitrogen and oxygen atoms in total. The van der Waals surface area contributed by atoms with Crippen molar-refractivity contribution in [3.8, 4) is 90.1 Å². The van der Waals surface area contributed by atoms with Crippen LogP contribution in [0.25, 0.3) is 178 Å². The van der Waals surface area contributed by atoms with Gasteiger partial charge in [0.25, 0.3) is 0 Å². The van der Waals surface area contributed by atoms with Crippen LogP contribution in [0.2, 0.25) is 0 Å². The van der Waals surface area contributed by atoms with Gasteiger partial charge < -0.3 is 57.5 Å². The van der Waals surface area contributed by atoms with Crippen molar-refractivity contribution in [2.75, 3.05) is 0 Å². The molecule has 1 unspecified atom stereocenters. The fourth-order valence-electron chi connectivity index (χ4n) is 15.5. The number of nitrogens with zero attached hydrogens (tertiary/aromatic N) is 12. The van der Waals surface area contributed by atoms with Gasteiger partial charge in [-0.15, -0.1) is 216 Å². The van der Waals surface area contributed by atoms with Crippen LogP contribution in [-0.2, 0) is 80.4 Å². The van der Waals surface area contributed by atoms with Gasteiger partial charge in [-0.3, -0.25) is 0 Å². The first kappa shape index (κ1) is 81.4. The number of hydrogen-bond acceptors (Lipinski definition) is 16. The van der Waals surface area contributed by atoms with E-state index < -0.39 is 71.5 Å². The molecule has 24 rings (SSSR count). The summed E-state index contributed by atoms with van der Waals surface area (Å²) < 4.78 is 214. The summed E-state index contributed by atoms with van der Waals surface area (Å²) in [6.07, 6.45) is 15.4. The van der Waals surface area contributed by atoms with E-state index in [4.69, 9.17) is 51.9 Å². The number of furan rings is 4. The van der Waals surface area contributed by atoms with E-state index in [-0.39, 0.29) is 114 Å². The van der Waals surface area contributed by atoms with E-state index in [0.29, 0.717) is 67.7 Å². The van der Waals surface area contributed by atoms with Crippen LogP contribution >= 0.6 is 0 Å². The Balaban J connectivity index is 0.000000163. The first-order chi connectivity index (χ1) is 80.3. The Labute approximate surface area is 960 Å². The van der Waals surface area contributed by atoms with Crippen LogP contribution in [0.1, 0.15) is 194 Å². The van der Waals surface area contributed by atoms with E-state index in [9.17, 15) is 0 Å². The standard InChI is InChI=1S/3C20H17N2O.C19H15N2O.C14H14N.3C12H10N.4Ir/c1-12(2)17-11-22-18(10-13(17)3)16-7-4-6-14-15-8-5-9-21-20(15)23-19(14)16;2*1-12(2)14-9-10-21-18(11-14)17-6-4-5-15-16-8-7-13(3)22-20(16)23-19(15)17;1-12(2)13-8-10-20-17(11-13)16-6-3-5-14-15-7-4-9-21-19(15)22-18(14)16;1-11(2)13-8-9-14(15-10-13)12-6-4-3-5-7-12;3*1-10-7-8-12(13-9-10)11-5-3-2-4-6-11;;;;/h4-6,8-12H,1-3H3;2*4-5,7-12H,1-3H3;3-5,7-12H,1-2H3;3-6,8-11H,1-2H3;3*2-5,7-9H,1H3;;;;/q8*-1;;;;/i3D3;1D3,2D3,12D;2*12D;1D3,11D;3*1D3;;;;. The van der Waals surface area contributed by atoms with Crippen molar-refractivity contribution in [1.82, 2.24) is 59.8 Å². The molecule has 0 bridgehead atoms. The average Bonchev–Trinajstić information content (AvgIpc) is 0.940. The number of rotatable bonds is 13. The summed E-state index contributed by atoms with van der Waals surface area (Å²) in [4.78, 5) is 51.7. The minimum absolute atomic E-state index is 0. The van der Waals surface area contributed by atoms with Crippen molar-refractivity contribution in [1.29, 1.82) is 0 Å². The van der Waals surface area contributed by atoms with Gasteiger partial charge in [0.1, 0.15) is 0 Å². The van der Waals surface area contributed by atoms with Gasteiger partial charge in [-0.2, -0.15) is 0 Å². The van der Waals surface area contributed by atoms with Gasteiger partial charge in [-0.25, -0.2) is 19.9 Å². The minimum Gasteiger partial charge on any atom is -0.486 e. The normalized spacial score (nSPS) is 14.4. The van der Waals surface area contributed by atoms with Gasteiger partial charge in [0, 0.05) is 210 Å². The second-order valence-corrected chi connectivity index (χ2v) is 34.0. The number of pyridine rings is 12. The van der Waals surface area contributed by atoms with Crippen molar-refractivity contribution in [2.45, 2.75) is 140 Å². The zero-order valence-corrected chi connectivity index (χ0v) is 91.4. The molecular weight excluding hydrogens is 2550 g/mol. The SMILES string of the molecule is [2H]C(C)(C)c1ccnc(-c2[c-]ccc3c2oc2nc(C)ccc23)c1.[2H]C(C)(C)c1ccnc(-c2[c-]ccc3c2oc2ncccc23)c1.[2H]C([2H])([2H])C([2H])(C)c1ccc(-c2[c-]cccc2)nc1.[2H]C([2H])([2H])C([2H])(c1ccnc(-c2[c-]ccc3c2oc2nc(C)ccc23)c1)C([2H])([2H])[2H].[2H]C([2H])([2H])c1cc(-c2[c-]ccc3c2oc2ncccc23)ncc1C(C)C.[2H]C([2H])([2H])c1ccc(-c2[c-]cccc2)nc1.[2H]C([2H])([2H])c1ccc(-c2[c-]cccc2)nc1.[2H]C([2H])([2H])c1ccc(-c2[c-]cccc2)nc1.[Ir].[Ir].[Ir].[Ir]. The Bertz CT molecular complexity index is 9400. The molecule has 0 saturated carbocycles. The molecule has 8 aromatic carbocycles. The molecule has 16 aromatic heterocycles. The molecule has 0 fully saturated rings. The molecule has 0 N–H and O–H groups in total. The summed E-state index contributed by atoms with van der Waals surface area (Å²) in [5.74, 6) is -5.75. The number of benzene rings is 8. The maximum atomic E-state index is 8.40. The topological polar surface area (TPSA) is 207 Å². The van der Waals surface area contributed by atoms with Crippen LogP contribution in [0.3, 0.4) is 0 Å². The van der Waals surface area contributed by atoms with Crippen molar-refractivity contribution in [3.63, 3.8) is 0 Å². The quantitative estimate of drug-likeness (QED) is 0.0984. The summed E-state index contributed by atoms with van der Waals surface area (Å²) in [7, 11) is 0. The number of aryl methyl sites for hydroxylation is 6. The first-order valence-corrected chi connectivity index (χ1v) is 46.2. The van der Waals surface area contributed by atoms with Crippen LogP contribution < -0.4 is 0 Å². The maximum absolute atomic E-state index is 8.40. The average molecular weight is 2690 g/mol. The van der Waals surface area contributed by atoms with Crippen molar-refractivity contribution in [3.05, 3.63) is 457 Å². The Kier molecular flexibility index (Phi) is 28.8. The molecule has 16 heterocycles. The summed E-state index contributed by atoms with van der Waals surface area (Å²) in [6, 6.07) is 110. The monoisotopic (exact) mass is 2690 g/mol. The molecule has 1 atom stereocenters. The summed E-state index contributed by atoms with van der Waals surface area (Å²) in [5.41, 5.74) is 21.6. The number of hydrogen-bond donors (Lipinski definition) is 0. The van der Waals surface area contributed by atoms with Gasteiger partial charge in [0.05, 0.1) is 22.3 Å². The van der Waals surface area contributed by atoms with Gasteiger partial charge >= 0.3 is 0 Å². The predicted molar refractivity (Wildman–Crippen MR) is 587 cm³/mol. The van der Waals surface area contributed by atoms with Crippen LogP contribution in [0.15, 0.2) is 365 Å². The molecule has 0 aliphatic carbocycles. The maximum Gasteiger partial charge on any atom is 0.216 e. The molecule has 754 valence electrons. The second kappa shape index (κ2) is 52.8. The third-order valence-corrected chi connectivity index (χ3v) is 23.0. The van der Waals surface area contributed by atoms with Crippen LogP contribution in [0.5, 0.6) is 0 Å². The second-order valence-electron chi connectivity index (χ2n) is 34.0. The van der Waals surface area contributed by atoms with E-state index in [2.05, 4.69) is 108 Å². The molecule has 0 aliphatic rings. The van der Waals surface area contributed by atoms with Gasteiger partial charge in [0.2, 0.25) is 22.9 Å².